The van der Waals surface area contributed by atoms with Crippen LogP contribution in [0.25, 0.3) is 0 Å². The normalized spacial score (nSPS) is 10.3. The molecule has 21 heavy (non-hydrogen) atoms. The predicted octanol–water partition coefficient (Wildman–Crippen LogP) is 2.50. The van der Waals surface area contributed by atoms with Gasteiger partial charge < -0.3 is 14.4 Å². The fourth-order valence-electron chi connectivity index (χ4n) is 2.02. The van der Waals surface area contributed by atoms with Gasteiger partial charge in [0.15, 0.2) is 0 Å². The Bertz CT molecular complexity index is 485. The smallest absolute Gasteiger partial charge is 0.307 e. The Morgan fingerprint density at radius 3 is 2.48 bits per heavy atom. The van der Waals surface area contributed by atoms with E-state index in [0.29, 0.717) is 24.5 Å². The quantitative estimate of drug-likeness (QED) is 0.725. The van der Waals surface area contributed by atoms with E-state index in [9.17, 15) is 9.59 Å². The van der Waals surface area contributed by atoms with Gasteiger partial charge in [0.25, 0.3) is 5.91 Å². The van der Waals surface area contributed by atoms with Gasteiger partial charge >= 0.3 is 5.97 Å². The van der Waals surface area contributed by atoms with Crippen molar-refractivity contribution in [3.8, 4) is 5.75 Å². The molecule has 1 rings (SSSR count). The highest BCUT2D eigenvalue weighted by atomic mass is 16.5. The zero-order valence-corrected chi connectivity index (χ0v) is 13.1. The van der Waals surface area contributed by atoms with E-state index in [-0.39, 0.29) is 24.3 Å². The van der Waals surface area contributed by atoms with E-state index in [1.165, 1.54) is 7.11 Å². The van der Waals surface area contributed by atoms with Crippen LogP contribution in [0.3, 0.4) is 0 Å². The summed E-state index contributed by atoms with van der Waals surface area (Å²) in [6, 6.07) is 7.06. The van der Waals surface area contributed by atoms with Crippen molar-refractivity contribution in [2.24, 2.45) is 0 Å². The maximum atomic E-state index is 12.6. The number of methoxy groups -OCH3 is 1. The third kappa shape index (κ3) is 4.77. The van der Waals surface area contributed by atoms with Crippen molar-refractivity contribution in [3.63, 3.8) is 0 Å². The molecular formula is C16H23NO4. The molecule has 0 aliphatic carbocycles. The summed E-state index contributed by atoms with van der Waals surface area (Å²) in [7, 11) is 1.53. The fourth-order valence-corrected chi connectivity index (χ4v) is 2.02. The lowest BCUT2D eigenvalue weighted by molar-refractivity contribution is -0.143. The first-order valence-corrected chi connectivity index (χ1v) is 7.10. The van der Waals surface area contributed by atoms with E-state index in [1.807, 2.05) is 19.9 Å². The van der Waals surface area contributed by atoms with Gasteiger partial charge in [-0.2, -0.15) is 0 Å². The molecule has 0 aromatic heterocycles. The summed E-state index contributed by atoms with van der Waals surface area (Å²) in [6.07, 6.45) is 0.187. The first-order valence-electron chi connectivity index (χ1n) is 7.10. The van der Waals surface area contributed by atoms with Crippen LogP contribution in [-0.4, -0.2) is 43.1 Å². The Labute approximate surface area is 125 Å². The Balaban J connectivity index is 2.85. The van der Waals surface area contributed by atoms with Gasteiger partial charge in [-0.25, -0.2) is 0 Å². The van der Waals surface area contributed by atoms with Crippen LogP contribution in [0.2, 0.25) is 0 Å². The third-order valence-electron chi connectivity index (χ3n) is 3.08. The first-order chi connectivity index (χ1) is 10.0. The van der Waals surface area contributed by atoms with Crippen molar-refractivity contribution in [1.29, 1.82) is 0 Å². The molecule has 0 bridgehead atoms. The average molecular weight is 293 g/mol. The highest BCUT2D eigenvalue weighted by molar-refractivity contribution is 5.97. The van der Waals surface area contributed by atoms with Gasteiger partial charge in [0.05, 0.1) is 25.7 Å². The lowest BCUT2D eigenvalue weighted by Gasteiger charge is -2.27. The Kier molecular flexibility index (Phi) is 6.72. The van der Waals surface area contributed by atoms with Crippen LogP contribution >= 0.6 is 0 Å². The van der Waals surface area contributed by atoms with Crippen molar-refractivity contribution in [2.75, 3.05) is 20.3 Å². The zero-order chi connectivity index (χ0) is 15.8. The van der Waals surface area contributed by atoms with E-state index in [2.05, 4.69) is 0 Å². The molecular weight excluding hydrogens is 270 g/mol. The monoisotopic (exact) mass is 293 g/mol. The van der Waals surface area contributed by atoms with Gasteiger partial charge in [0.1, 0.15) is 5.75 Å². The average Bonchev–Trinajstić information content (AvgIpc) is 2.47. The van der Waals surface area contributed by atoms with Crippen molar-refractivity contribution in [2.45, 2.75) is 33.2 Å². The standard InChI is InChI=1S/C16H23NO4/c1-5-21-15(18)10-11-17(12(2)3)16(19)13-8-6-7-9-14(13)20-4/h6-9,12H,5,10-11H2,1-4H3. The number of ether oxygens (including phenoxy) is 2. The number of para-hydroxylation sites is 1. The number of hydrogen-bond acceptors (Lipinski definition) is 4. The van der Waals surface area contributed by atoms with E-state index < -0.39 is 0 Å². The van der Waals surface area contributed by atoms with Crippen LogP contribution in [0.15, 0.2) is 24.3 Å². The number of carbonyl (C=O) groups excluding carboxylic acids is 2. The summed E-state index contributed by atoms with van der Waals surface area (Å²) in [6.45, 7) is 6.27. The van der Waals surface area contributed by atoms with Crippen molar-refractivity contribution in [3.05, 3.63) is 29.8 Å². The van der Waals surface area contributed by atoms with Crippen LogP contribution in [0.1, 0.15) is 37.6 Å². The van der Waals surface area contributed by atoms with E-state index in [4.69, 9.17) is 9.47 Å². The molecule has 0 aliphatic heterocycles. The number of carbonyl (C=O) groups is 2. The molecule has 0 radical (unpaired) electrons. The molecule has 5 nitrogen and oxygen atoms in total. The van der Waals surface area contributed by atoms with Crippen molar-refractivity contribution >= 4 is 11.9 Å². The Hall–Kier alpha value is -2.04. The second-order valence-corrected chi connectivity index (χ2v) is 4.85. The van der Waals surface area contributed by atoms with Crippen LogP contribution in [0.5, 0.6) is 5.75 Å². The van der Waals surface area contributed by atoms with E-state index in [0.717, 1.165) is 0 Å². The molecule has 1 amide bonds. The largest absolute Gasteiger partial charge is 0.496 e. The zero-order valence-electron chi connectivity index (χ0n) is 13.1. The number of amides is 1. The molecule has 1 aromatic carbocycles. The molecule has 5 heteroatoms. The number of nitrogens with zero attached hydrogens (tertiary/aromatic N) is 1. The van der Waals surface area contributed by atoms with Crippen LogP contribution in [0, 0.1) is 0 Å². The summed E-state index contributed by atoms with van der Waals surface area (Å²) < 4.78 is 10.1. The molecule has 0 fully saturated rings. The van der Waals surface area contributed by atoms with Crippen LogP contribution in [0.4, 0.5) is 0 Å². The van der Waals surface area contributed by atoms with E-state index >= 15 is 0 Å². The highest BCUT2D eigenvalue weighted by Crippen LogP contribution is 2.20. The van der Waals surface area contributed by atoms with Crippen molar-refractivity contribution < 1.29 is 19.1 Å². The molecule has 116 valence electrons. The van der Waals surface area contributed by atoms with E-state index in [1.54, 1.807) is 30.0 Å². The van der Waals surface area contributed by atoms with Gasteiger partial charge in [-0.15, -0.1) is 0 Å². The summed E-state index contributed by atoms with van der Waals surface area (Å²) in [4.78, 5) is 25.7. The lowest BCUT2D eigenvalue weighted by Crippen LogP contribution is -2.38. The van der Waals surface area contributed by atoms with Gasteiger partial charge in [-0.05, 0) is 32.9 Å². The summed E-state index contributed by atoms with van der Waals surface area (Å²) in [5.41, 5.74) is 0.498. The summed E-state index contributed by atoms with van der Waals surface area (Å²) in [5, 5.41) is 0. The Morgan fingerprint density at radius 1 is 1.24 bits per heavy atom. The minimum Gasteiger partial charge on any atom is -0.496 e. The molecule has 0 saturated carbocycles. The minimum atomic E-state index is -0.295. The number of benzene rings is 1. The van der Waals surface area contributed by atoms with Crippen molar-refractivity contribution in [1.82, 2.24) is 4.90 Å². The second kappa shape index (κ2) is 8.29. The predicted molar refractivity (Wildman–Crippen MR) is 80.4 cm³/mol. The third-order valence-corrected chi connectivity index (χ3v) is 3.08. The molecule has 0 heterocycles. The van der Waals surface area contributed by atoms with Gasteiger partial charge in [-0.3, -0.25) is 9.59 Å². The molecule has 0 unspecified atom stereocenters. The number of rotatable bonds is 7. The van der Waals surface area contributed by atoms with Gasteiger partial charge in [-0.1, -0.05) is 12.1 Å². The second-order valence-electron chi connectivity index (χ2n) is 4.85. The first kappa shape index (κ1) is 17.0. The van der Waals surface area contributed by atoms with Crippen LogP contribution < -0.4 is 4.74 Å². The molecule has 0 N–H and O–H groups in total. The maximum absolute atomic E-state index is 12.6. The number of hydrogen-bond donors (Lipinski definition) is 0. The topological polar surface area (TPSA) is 55.8 Å². The number of esters is 1. The SMILES string of the molecule is CCOC(=O)CCN(C(=O)c1ccccc1OC)C(C)C. The molecule has 0 saturated heterocycles. The molecule has 0 atom stereocenters. The van der Waals surface area contributed by atoms with Gasteiger partial charge in [0.2, 0.25) is 0 Å². The summed E-state index contributed by atoms with van der Waals surface area (Å²) in [5.74, 6) is 0.0898. The lowest BCUT2D eigenvalue weighted by atomic mass is 10.1. The minimum absolute atomic E-state index is 0.0168. The Morgan fingerprint density at radius 2 is 1.90 bits per heavy atom. The molecule has 0 aliphatic rings. The highest BCUT2D eigenvalue weighted by Gasteiger charge is 2.22. The summed E-state index contributed by atoms with van der Waals surface area (Å²) >= 11 is 0. The molecule has 1 aromatic rings. The molecule has 0 spiro atoms. The fraction of sp³-hybridized carbons (Fsp3) is 0.500. The maximum Gasteiger partial charge on any atom is 0.307 e. The van der Waals surface area contributed by atoms with Crippen LogP contribution in [-0.2, 0) is 9.53 Å². The van der Waals surface area contributed by atoms with Gasteiger partial charge in [0, 0.05) is 12.6 Å².